The molecule has 0 saturated carbocycles. The zero-order valence-corrected chi connectivity index (χ0v) is 20.4. The zero-order chi connectivity index (χ0) is 24.8. The Morgan fingerprint density at radius 3 is 2.46 bits per heavy atom. The van der Waals surface area contributed by atoms with Crippen LogP contribution in [0.5, 0.6) is 0 Å². The average molecular weight is 492 g/mol. The molecular formula is C26H29N5O3S. The molecular weight excluding hydrogens is 462 g/mol. The number of nitrogens with zero attached hydrogens (tertiary/aromatic N) is 2. The second kappa shape index (κ2) is 11.2. The number of anilines is 2. The van der Waals surface area contributed by atoms with Crippen molar-refractivity contribution in [2.45, 2.75) is 31.3 Å². The molecule has 1 aromatic heterocycles. The van der Waals surface area contributed by atoms with Crippen LogP contribution in [0.15, 0.2) is 64.5 Å². The van der Waals surface area contributed by atoms with Gasteiger partial charge in [0.2, 0.25) is 5.91 Å². The number of carbonyl (C=O) groups is 2. The number of rotatable bonds is 7. The van der Waals surface area contributed by atoms with Gasteiger partial charge in [-0.3, -0.25) is 19.4 Å². The van der Waals surface area contributed by atoms with Crippen molar-refractivity contribution in [3.8, 4) is 0 Å². The molecule has 1 aliphatic rings. The maximum absolute atomic E-state index is 12.7. The first kappa shape index (κ1) is 24.5. The van der Waals surface area contributed by atoms with Crippen molar-refractivity contribution in [2.75, 3.05) is 29.9 Å². The monoisotopic (exact) mass is 491 g/mol. The van der Waals surface area contributed by atoms with Gasteiger partial charge in [-0.2, -0.15) is 0 Å². The molecule has 182 valence electrons. The van der Waals surface area contributed by atoms with Crippen LogP contribution in [-0.2, 0) is 11.2 Å². The van der Waals surface area contributed by atoms with Crippen LogP contribution in [0.25, 0.3) is 0 Å². The number of aromatic nitrogens is 2. The highest BCUT2D eigenvalue weighted by Crippen LogP contribution is 2.23. The van der Waals surface area contributed by atoms with Gasteiger partial charge in [-0.05, 0) is 49.8 Å². The molecule has 4 N–H and O–H groups in total. The van der Waals surface area contributed by atoms with Crippen LogP contribution in [0.4, 0.5) is 11.5 Å². The molecule has 0 unspecified atom stereocenters. The van der Waals surface area contributed by atoms with Gasteiger partial charge in [0, 0.05) is 18.7 Å². The minimum absolute atomic E-state index is 0.00568. The molecule has 1 saturated heterocycles. The molecule has 8 nitrogen and oxygen atoms in total. The summed E-state index contributed by atoms with van der Waals surface area (Å²) in [4.78, 5) is 46.3. The van der Waals surface area contributed by atoms with Crippen LogP contribution >= 0.6 is 11.8 Å². The molecule has 2 heterocycles. The van der Waals surface area contributed by atoms with Gasteiger partial charge in [0.05, 0.1) is 5.75 Å². The van der Waals surface area contributed by atoms with E-state index in [9.17, 15) is 14.4 Å². The summed E-state index contributed by atoms with van der Waals surface area (Å²) < 4.78 is 0. The summed E-state index contributed by atoms with van der Waals surface area (Å²) >= 11 is 1.13. The quantitative estimate of drug-likeness (QED) is 0.344. The van der Waals surface area contributed by atoms with Gasteiger partial charge in [-0.25, -0.2) is 4.98 Å². The summed E-state index contributed by atoms with van der Waals surface area (Å²) in [5.41, 5.74) is 8.04. The minimum Gasteiger partial charge on any atom is -0.382 e. The molecule has 1 fully saturated rings. The number of nitrogens with two attached hydrogens (primary N) is 1. The van der Waals surface area contributed by atoms with E-state index in [0.29, 0.717) is 11.5 Å². The van der Waals surface area contributed by atoms with Gasteiger partial charge in [0.25, 0.3) is 11.5 Å². The van der Waals surface area contributed by atoms with E-state index < -0.39 is 11.5 Å². The normalized spacial score (nSPS) is 14.0. The van der Waals surface area contributed by atoms with Crippen LogP contribution < -0.4 is 16.6 Å². The van der Waals surface area contributed by atoms with Gasteiger partial charge >= 0.3 is 0 Å². The molecule has 0 radical (unpaired) electrons. The number of aryl methyl sites for hydroxylation is 1. The van der Waals surface area contributed by atoms with Gasteiger partial charge in [0.1, 0.15) is 5.69 Å². The second-order valence-electron chi connectivity index (χ2n) is 8.75. The highest BCUT2D eigenvalue weighted by atomic mass is 32.2. The largest absolute Gasteiger partial charge is 0.382 e. The molecule has 2 aromatic carbocycles. The van der Waals surface area contributed by atoms with Crippen molar-refractivity contribution in [1.82, 2.24) is 14.9 Å². The molecule has 1 aliphatic heterocycles. The fourth-order valence-corrected chi connectivity index (χ4v) is 4.87. The predicted molar refractivity (Wildman–Crippen MR) is 139 cm³/mol. The van der Waals surface area contributed by atoms with E-state index in [4.69, 9.17) is 5.73 Å². The smallest absolute Gasteiger partial charge is 0.277 e. The van der Waals surface area contributed by atoms with Gasteiger partial charge in [-0.15, -0.1) is 0 Å². The molecule has 0 spiro atoms. The summed E-state index contributed by atoms with van der Waals surface area (Å²) in [5, 5.41) is 2.77. The van der Waals surface area contributed by atoms with Gasteiger partial charge in [-0.1, -0.05) is 59.8 Å². The standard InChI is InChI=1S/C26H29N5O3S/c1-17-7-9-20(10-8-17)24(33)28-22-23(27)29-26(30-25(22)34)35-16-21(32)31-13-11-19(12-14-31)15-18-5-3-2-4-6-18/h2-10,19H,11-16H2,1H3,(H,28,33)(H3,27,29,30,34). The Kier molecular flexibility index (Phi) is 7.87. The summed E-state index contributed by atoms with van der Waals surface area (Å²) in [6.45, 7) is 3.38. The number of piperidine rings is 1. The summed E-state index contributed by atoms with van der Waals surface area (Å²) in [6, 6.07) is 17.4. The lowest BCUT2D eigenvalue weighted by Gasteiger charge is -2.32. The van der Waals surface area contributed by atoms with E-state index in [0.717, 1.165) is 49.7 Å². The average Bonchev–Trinajstić information content (AvgIpc) is 2.86. The zero-order valence-electron chi connectivity index (χ0n) is 19.6. The molecule has 0 aliphatic carbocycles. The van der Waals surface area contributed by atoms with E-state index in [2.05, 4.69) is 39.6 Å². The number of likely N-dealkylation sites (tertiary alicyclic amines) is 1. The van der Waals surface area contributed by atoms with E-state index in [-0.39, 0.29) is 28.3 Å². The maximum atomic E-state index is 12.7. The Bertz CT molecular complexity index is 1240. The molecule has 4 rings (SSSR count). The highest BCUT2D eigenvalue weighted by Gasteiger charge is 2.23. The number of nitrogens with one attached hydrogen (secondary N) is 2. The van der Waals surface area contributed by atoms with Crippen LogP contribution in [0, 0.1) is 12.8 Å². The fourth-order valence-electron chi connectivity index (χ4n) is 4.10. The van der Waals surface area contributed by atoms with Crippen LogP contribution in [-0.4, -0.2) is 45.5 Å². The SMILES string of the molecule is Cc1ccc(C(=O)Nc2c(N)nc(SCC(=O)N3CCC(Cc4ccccc4)CC3)[nH]c2=O)cc1. The Labute approximate surface area is 208 Å². The van der Waals surface area contributed by atoms with Crippen molar-refractivity contribution in [3.05, 3.63) is 81.6 Å². The van der Waals surface area contributed by atoms with E-state index in [1.807, 2.05) is 30.0 Å². The van der Waals surface area contributed by atoms with Gasteiger partial charge < -0.3 is 16.0 Å². The molecule has 0 bridgehead atoms. The summed E-state index contributed by atoms with van der Waals surface area (Å²) in [5.74, 6) is 0.197. The number of carbonyl (C=O) groups excluding carboxylic acids is 2. The predicted octanol–water partition coefficient (Wildman–Crippen LogP) is 3.49. The second-order valence-corrected chi connectivity index (χ2v) is 9.72. The molecule has 3 aromatic rings. The Hall–Kier alpha value is -3.59. The molecule has 9 heteroatoms. The summed E-state index contributed by atoms with van der Waals surface area (Å²) in [6.07, 6.45) is 2.99. The highest BCUT2D eigenvalue weighted by molar-refractivity contribution is 7.99. The Morgan fingerprint density at radius 2 is 1.80 bits per heavy atom. The maximum Gasteiger partial charge on any atom is 0.277 e. The van der Waals surface area contributed by atoms with Crippen molar-refractivity contribution in [2.24, 2.45) is 5.92 Å². The first-order valence-corrected chi connectivity index (χ1v) is 12.6. The lowest BCUT2D eigenvalue weighted by molar-refractivity contribution is -0.129. The first-order valence-electron chi connectivity index (χ1n) is 11.6. The van der Waals surface area contributed by atoms with E-state index in [1.165, 1.54) is 5.56 Å². The van der Waals surface area contributed by atoms with Gasteiger partial charge in [0.15, 0.2) is 11.0 Å². The fraction of sp³-hybridized carbons (Fsp3) is 0.308. The first-order chi connectivity index (χ1) is 16.9. The van der Waals surface area contributed by atoms with Crippen LogP contribution in [0.2, 0.25) is 0 Å². The molecule has 35 heavy (non-hydrogen) atoms. The van der Waals surface area contributed by atoms with Crippen LogP contribution in [0.3, 0.4) is 0 Å². The summed E-state index contributed by atoms with van der Waals surface area (Å²) in [7, 11) is 0. The topological polar surface area (TPSA) is 121 Å². The molecule has 2 amide bonds. The third-order valence-electron chi connectivity index (χ3n) is 6.14. The lowest BCUT2D eigenvalue weighted by atomic mass is 9.90. The number of H-pyrrole nitrogens is 1. The Balaban J connectivity index is 1.29. The number of amides is 2. The third-order valence-corrected chi connectivity index (χ3v) is 7.00. The number of hydrogen-bond donors (Lipinski definition) is 3. The number of hydrogen-bond acceptors (Lipinski definition) is 6. The number of nitrogen functional groups attached to an aromatic ring is 1. The van der Waals surface area contributed by atoms with Crippen molar-refractivity contribution in [1.29, 1.82) is 0 Å². The van der Waals surface area contributed by atoms with Crippen molar-refractivity contribution >= 4 is 35.1 Å². The lowest BCUT2D eigenvalue weighted by Crippen LogP contribution is -2.39. The van der Waals surface area contributed by atoms with Crippen LogP contribution in [0.1, 0.15) is 34.3 Å². The van der Waals surface area contributed by atoms with E-state index in [1.54, 1.807) is 12.1 Å². The van der Waals surface area contributed by atoms with E-state index >= 15 is 0 Å². The minimum atomic E-state index is -0.561. The number of benzene rings is 2. The third kappa shape index (κ3) is 6.51. The van der Waals surface area contributed by atoms with Crippen molar-refractivity contribution in [3.63, 3.8) is 0 Å². The number of thioether (sulfide) groups is 1. The Morgan fingerprint density at radius 1 is 1.11 bits per heavy atom. The molecule has 0 atom stereocenters. The van der Waals surface area contributed by atoms with Crippen molar-refractivity contribution < 1.29 is 9.59 Å². The number of aromatic amines is 1.